The molecule has 0 spiro atoms. The Kier molecular flexibility index (Phi) is 5.90. The lowest BCUT2D eigenvalue weighted by Gasteiger charge is -2.29. The van der Waals surface area contributed by atoms with Gasteiger partial charge in [-0.3, -0.25) is 4.90 Å². The summed E-state index contributed by atoms with van der Waals surface area (Å²) < 4.78 is 0. The molecule has 0 amide bonds. The van der Waals surface area contributed by atoms with Crippen LogP contribution in [0.15, 0.2) is 24.3 Å². The number of anilines is 1. The van der Waals surface area contributed by atoms with E-state index in [1.807, 2.05) is 0 Å². The molecule has 0 aliphatic heterocycles. The summed E-state index contributed by atoms with van der Waals surface area (Å²) in [4.78, 5) is 2.48. The van der Waals surface area contributed by atoms with Crippen LogP contribution in [-0.2, 0) is 6.54 Å². The van der Waals surface area contributed by atoms with E-state index in [4.69, 9.17) is 0 Å². The van der Waals surface area contributed by atoms with E-state index in [2.05, 4.69) is 55.3 Å². The van der Waals surface area contributed by atoms with E-state index in [0.29, 0.717) is 6.04 Å². The fraction of sp³-hybridized carbons (Fsp3) is 0.667. The Balaban J connectivity index is 2.00. The Morgan fingerprint density at radius 2 is 1.70 bits per heavy atom. The Morgan fingerprint density at radius 1 is 1.05 bits per heavy atom. The predicted octanol–water partition coefficient (Wildman–Crippen LogP) is 4.52. The van der Waals surface area contributed by atoms with Crippen molar-refractivity contribution in [1.82, 2.24) is 4.90 Å². The van der Waals surface area contributed by atoms with Crippen molar-refractivity contribution in [3.8, 4) is 0 Å². The molecular weight excluding hydrogens is 244 g/mol. The van der Waals surface area contributed by atoms with Gasteiger partial charge < -0.3 is 5.32 Å². The van der Waals surface area contributed by atoms with E-state index in [1.165, 1.54) is 36.9 Å². The first kappa shape index (κ1) is 15.4. The SMILES string of the molecule is CCN(CC)Cc1ccccc1NC1CCC(C)CC1. The third kappa shape index (κ3) is 4.24. The maximum atomic E-state index is 3.80. The van der Waals surface area contributed by atoms with Crippen LogP contribution in [-0.4, -0.2) is 24.0 Å². The molecule has 0 unspecified atom stereocenters. The van der Waals surface area contributed by atoms with Crippen molar-refractivity contribution in [2.24, 2.45) is 5.92 Å². The third-order valence-corrected chi connectivity index (χ3v) is 4.68. The van der Waals surface area contributed by atoms with E-state index < -0.39 is 0 Å². The average Bonchev–Trinajstić information content (AvgIpc) is 2.48. The Bertz CT molecular complexity index is 390. The van der Waals surface area contributed by atoms with Crippen LogP contribution in [0.3, 0.4) is 0 Å². The maximum absolute atomic E-state index is 3.80. The van der Waals surface area contributed by atoms with E-state index in [9.17, 15) is 0 Å². The van der Waals surface area contributed by atoms with E-state index >= 15 is 0 Å². The second-order valence-corrected chi connectivity index (χ2v) is 6.22. The standard InChI is InChI=1S/C18H30N2/c1-4-20(5-2)14-16-8-6-7-9-18(16)19-17-12-10-15(3)11-13-17/h6-9,15,17,19H,4-5,10-14H2,1-3H3. The highest BCUT2D eigenvalue weighted by Gasteiger charge is 2.18. The van der Waals surface area contributed by atoms with Gasteiger partial charge in [0.15, 0.2) is 0 Å². The molecule has 1 aliphatic carbocycles. The zero-order chi connectivity index (χ0) is 14.4. The minimum Gasteiger partial charge on any atom is -0.382 e. The molecule has 0 radical (unpaired) electrons. The van der Waals surface area contributed by atoms with Gasteiger partial charge in [-0.25, -0.2) is 0 Å². The molecule has 20 heavy (non-hydrogen) atoms. The number of para-hydroxylation sites is 1. The summed E-state index contributed by atoms with van der Waals surface area (Å²) in [5.74, 6) is 0.916. The molecule has 0 saturated heterocycles. The highest BCUT2D eigenvalue weighted by molar-refractivity contribution is 5.51. The van der Waals surface area contributed by atoms with Gasteiger partial charge >= 0.3 is 0 Å². The van der Waals surface area contributed by atoms with Crippen molar-refractivity contribution in [1.29, 1.82) is 0 Å². The molecule has 2 rings (SSSR count). The number of rotatable bonds is 6. The van der Waals surface area contributed by atoms with Gasteiger partial charge in [-0.1, -0.05) is 39.0 Å². The van der Waals surface area contributed by atoms with Crippen molar-refractivity contribution in [2.45, 2.75) is 59.0 Å². The van der Waals surface area contributed by atoms with Crippen LogP contribution in [0.1, 0.15) is 52.0 Å². The largest absolute Gasteiger partial charge is 0.382 e. The van der Waals surface area contributed by atoms with Crippen LogP contribution in [0.25, 0.3) is 0 Å². The number of hydrogen-bond donors (Lipinski definition) is 1. The van der Waals surface area contributed by atoms with Crippen molar-refractivity contribution < 1.29 is 0 Å². The molecule has 1 aromatic carbocycles. The van der Waals surface area contributed by atoms with Gasteiger partial charge in [0.25, 0.3) is 0 Å². The van der Waals surface area contributed by atoms with Gasteiger partial charge in [0.2, 0.25) is 0 Å². The second kappa shape index (κ2) is 7.68. The van der Waals surface area contributed by atoms with E-state index in [-0.39, 0.29) is 0 Å². The van der Waals surface area contributed by atoms with Gasteiger partial charge in [0.1, 0.15) is 0 Å². The first-order valence-electron chi connectivity index (χ1n) is 8.29. The summed E-state index contributed by atoms with van der Waals surface area (Å²) in [5.41, 5.74) is 2.79. The van der Waals surface area contributed by atoms with E-state index in [1.54, 1.807) is 0 Å². The normalized spacial score (nSPS) is 23.0. The zero-order valence-corrected chi connectivity index (χ0v) is 13.4. The Labute approximate surface area is 124 Å². The summed E-state index contributed by atoms with van der Waals surface area (Å²) in [6.07, 6.45) is 5.38. The average molecular weight is 274 g/mol. The van der Waals surface area contributed by atoms with Crippen molar-refractivity contribution in [3.05, 3.63) is 29.8 Å². The van der Waals surface area contributed by atoms with Gasteiger partial charge in [-0.2, -0.15) is 0 Å². The summed E-state index contributed by atoms with van der Waals surface area (Å²) in [6, 6.07) is 9.50. The van der Waals surface area contributed by atoms with Crippen molar-refractivity contribution >= 4 is 5.69 Å². The van der Waals surface area contributed by atoms with Crippen LogP contribution in [0.5, 0.6) is 0 Å². The number of nitrogens with one attached hydrogen (secondary N) is 1. The molecule has 1 saturated carbocycles. The van der Waals surface area contributed by atoms with Crippen molar-refractivity contribution in [3.63, 3.8) is 0 Å². The monoisotopic (exact) mass is 274 g/mol. The summed E-state index contributed by atoms with van der Waals surface area (Å²) in [7, 11) is 0. The van der Waals surface area contributed by atoms with Gasteiger partial charge in [-0.05, 0) is 56.3 Å². The van der Waals surface area contributed by atoms with Crippen LogP contribution in [0.2, 0.25) is 0 Å². The van der Waals surface area contributed by atoms with Crippen LogP contribution < -0.4 is 5.32 Å². The minimum absolute atomic E-state index is 0.670. The minimum atomic E-state index is 0.670. The Hall–Kier alpha value is -1.02. The lowest BCUT2D eigenvalue weighted by Crippen LogP contribution is -2.27. The number of nitrogens with zero attached hydrogens (tertiary/aromatic N) is 1. The van der Waals surface area contributed by atoms with Crippen molar-refractivity contribution in [2.75, 3.05) is 18.4 Å². The molecule has 1 aliphatic rings. The van der Waals surface area contributed by atoms with Crippen LogP contribution >= 0.6 is 0 Å². The van der Waals surface area contributed by atoms with Crippen LogP contribution in [0.4, 0.5) is 5.69 Å². The molecular formula is C18H30N2. The molecule has 1 fully saturated rings. The van der Waals surface area contributed by atoms with Gasteiger partial charge in [0.05, 0.1) is 0 Å². The molecule has 2 heteroatoms. The topological polar surface area (TPSA) is 15.3 Å². The molecule has 1 aromatic rings. The fourth-order valence-corrected chi connectivity index (χ4v) is 3.11. The third-order valence-electron chi connectivity index (χ3n) is 4.68. The lowest BCUT2D eigenvalue weighted by atomic mass is 9.87. The fourth-order valence-electron chi connectivity index (χ4n) is 3.11. The first-order valence-corrected chi connectivity index (χ1v) is 8.29. The van der Waals surface area contributed by atoms with Crippen LogP contribution in [0, 0.1) is 5.92 Å². The quantitative estimate of drug-likeness (QED) is 0.820. The molecule has 0 atom stereocenters. The smallest absolute Gasteiger partial charge is 0.0388 e. The summed E-state index contributed by atoms with van der Waals surface area (Å²) in [5, 5.41) is 3.80. The van der Waals surface area contributed by atoms with Gasteiger partial charge in [-0.15, -0.1) is 0 Å². The summed E-state index contributed by atoms with van der Waals surface area (Å²) >= 11 is 0. The molecule has 112 valence electrons. The number of hydrogen-bond acceptors (Lipinski definition) is 2. The molecule has 2 nitrogen and oxygen atoms in total. The molecule has 1 N–H and O–H groups in total. The predicted molar refractivity (Wildman–Crippen MR) is 88.1 cm³/mol. The second-order valence-electron chi connectivity index (χ2n) is 6.22. The molecule has 0 heterocycles. The van der Waals surface area contributed by atoms with Gasteiger partial charge in [0, 0.05) is 18.3 Å². The molecule has 0 bridgehead atoms. The zero-order valence-electron chi connectivity index (χ0n) is 13.4. The lowest BCUT2D eigenvalue weighted by molar-refractivity contribution is 0.296. The Morgan fingerprint density at radius 3 is 2.35 bits per heavy atom. The first-order chi connectivity index (χ1) is 9.72. The maximum Gasteiger partial charge on any atom is 0.0388 e. The number of benzene rings is 1. The highest BCUT2D eigenvalue weighted by Crippen LogP contribution is 2.27. The highest BCUT2D eigenvalue weighted by atomic mass is 15.1. The van der Waals surface area contributed by atoms with E-state index in [0.717, 1.165) is 25.6 Å². The molecule has 0 aromatic heterocycles. The summed E-state index contributed by atoms with van der Waals surface area (Å²) in [6.45, 7) is 10.1.